The van der Waals surface area contributed by atoms with Crippen LogP contribution in [0.1, 0.15) is 117 Å². The molecule has 6 heteroatoms. The fourth-order valence-corrected chi connectivity index (χ4v) is 4.68. The predicted molar refractivity (Wildman–Crippen MR) is 119 cm³/mol. The van der Waals surface area contributed by atoms with Crippen molar-refractivity contribution in [2.45, 2.75) is 129 Å². The third kappa shape index (κ3) is 10.5. The molecule has 0 bridgehead atoms. The molecule has 1 unspecified atom stereocenters. The van der Waals surface area contributed by atoms with Gasteiger partial charge in [-0.1, -0.05) is 65.7 Å². The van der Waals surface area contributed by atoms with Gasteiger partial charge in [-0.05, 0) is 43.9 Å². The largest absolute Gasteiger partial charge is 0.305 e. The van der Waals surface area contributed by atoms with Gasteiger partial charge in [0.2, 0.25) is 5.78 Å². The zero-order valence-corrected chi connectivity index (χ0v) is 19.8. The van der Waals surface area contributed by atoms with E-state index in [2.05, 4.69) is 4.89 Å². The van der Waals surface area contributed by atoms with Gasteiger partial charge in [-0.25, -0.2) is 4.89 Å². The predicted octanol–water partition coefficient (Wildman–Crippen LogP) is 7.39. The molecule has 0 radical (unpaired) electrons. The van der Waals surface area contributed by atoms with Crippen LogP contribution in [0.4, 0.5) is 8.78 Å². The summed E-state index contributed by atoms with van der Waals surface area (Å²) in [5, 5.41) is 8.87. The van der Waals surface area contributed by atoms with E-state index in [9.17, 15) is 18.4 Å². The van der Waals surface area contributed by atoms with Crippen molar-refractivity contribution in [3.63, 3.8) is 0 Å². The average molecular weight is 447 g/mol. The van der Waals surface area contributed by atoms with Gasteiger partial charge in [-0.15, -0.1) is 0 Å². The molecular weight excluding hydrogens is 402 g/mol. The second kappa shape index (κ2) is 15.0. The van der Waals surface area contributed by atoms with E-state index in [0.29, 0.717) is 31.6 Å². The highest BCUT2D eigenvalue weighted by atomic mass is 19.3. The van der Waals surface area contributed by atoms with Gasteiger partial charge in [0.1, 0.15) is 5.78 Å². The number of rotatable bonds is 18. The Kier molecular flexibility index (Phi) is 13.7. The van der Waals surface area contributed by atoms with Crippen molar-refractivity contribution in [1.29, 1.82) is 0 Å². The Bertz CT molecular complexity index is 522. The highest BCUT2D eigenvalue weighted by Gasteiger charge is 2.39. The van der Waals surface area contributed by atoms with Crippen LogP contribution in [0, 0.1) is 17.8 Å². The molecule has 0 aromatic rings. The highest BCUT2D eigenvalue weighted by molar-refractivity contribution is 5.86. The molecule has 1 rings (SSSR count). The van der Waals surface area contributed by atoms with Crippen LogP contribution in [0.25, 0.3) is 0 Å². The number of carbonyl (C=O) groups is 2. The monoisotopic (exact) mass is 446 g/mol. The summed E-state index contributed by atoms with van der Waals surface area (Å²) in [6, 6.07) is 0. The number of carbonyl (C=O) groups excluding carboxylic acids is 2. The van der Waals surface area contributed by atoms with Gasteiger partial charge in [0.25, 0.3) is 0 Å². The van der Waals surface area contributed by atoms with Crippen molar-refractivity contribution < 1.29 is 28.5 Å². The van der Waals surface area contributed by atoms with Crippen molar-refractivity contribution in [3.8, 4) is 0 Å². The van der Waals surface area contributed by atoms with E-state index in [-0.39, 0.29) is 36.6 Å². The molecule has 1 aliphatic rings. The Morgan fingerprint density at radius 1 is 1.10 bits per heavy atom. The number of ketones is 2. The minimum absolute atomic E-state index is 0.0504. The maximum absolute atomic E-state index is 13.9. The summed E-state index contributed by atoms with van der Waals surface area (Å²) in [5.74, 6) is -3.58. The smallest absolute Gasteiger partial charge is 0.299 e. The van der Waals surface area contributed by atoms with Crippen LogP contribution < -0.4 is 0 Å². The van der Waals surface area contributed by atoms with Crippen LogP contribution in [-0.4, -0.2) is 28.9 Å². The fourth-order valence-electron chi connectivity index (χ4n) is 4.68. The maximum atomic E-state index is 13.9. The molecule has 0 heterocycles. The van der Waals surface area contributed by atoms with Crippen molar-refractivity contribution in [1.82, 2.24) is 0 Å². The molecular formula is C25H44F2O4. The maximum Gasteiger partial charge on any atom is 0.305 e. The minimum Gasteiger partial charge on any atom is -0.299 e. The first-order chi connectivity index (χ1) is 14.7. The van der Waals surface area contributed by atoms with Crippen LogP contribution in [0.3, 0.4) is 0 Å². The number of Topliss-reactive ketones (excluding diaryl/α,β-unsaturated/α-hetero) is 2. The molecule has 1 N–H and O–H groups in total. The third-order valence-corrected chi connectivity index (χ3v) is 6.87. The van der Waals surface area contributed by atoms with Gasteiger partial charge < -0.3 is 0 Å². The molecule has 4 nitrogen and oxygen atoms in total. The van der Waals surface area contributed by atoms with E-state index >= 15 is 0 Å². The topological polar surface area (TPSA) is 63.6 Å². The van der Waals surface area contributed by atoms with Gasteiger partial charge in [0.05, 0.1) is 6.10 Å². The molecule has 0 aromatic heterocycles. The SMILES string of the molecule is CCCCC(F)(F)C(=O)CC[C@H]1CCC(=O)[C@@H]1CCCCCCCCC(OO)C(C)C. The number of hydrogen-bond acceptors (Lipinski definition) is 4. The van der Waals surface area contributed by atoms with Crippen LogP contribution >= 0.6 is 0 Å². The third-order valence-electron chi connectivity index (χ3n) is 6.87. The second-order valence-corrected chi connectivity index (χ2v) is 9.73. The van der Waals surface area contributed by atoms with E-state index in [1.165, 1.54) is 0 Å². The lowest BCUT2D eigenvalue weighted by Crippen LogP contribution is -2.29. The molecule has 182 valence electrons. The summed E-state index contributed by atoms with van der Waals surface area (Å²) in [5.41, 5.74) is 0. The summed E-state index contributed by atoms with van der Waals surface area (Å²) < 4.78 is 27.8. The zero-order valence-electron chi connectivity index (χ0n) is 19.8. The lowest BCUT2D eigenvalue weighted by atomic mass is 9.85. The Balaban J connectivity index is 2.23. The number of alkyl halides is 2. The van der Waals surface area contributed by atoms with E-state index in [1.807, 2.05) is 20.8 Å². The van der Waals surface area contributed by atoms with Crippen LogP contribution in [0.2, 0.25) is 0 Å². The molecule has 1 fully saturated rings. The summed E-state index contributed by atoms with van der Waals surface area (Å²) >= 11 is 0. The Morgan fingerprint density at radius 3 is 2.35 bits per heavy atom. The Labute approximate surface area is 187 Å². The second-order valence-electron chi connectivity index (χ2n) is 9.73. The van der Waals surface area contributed by atoms with Crippen molar-refractivity contribution in [2.24, 2.45) is 17.8 Å². The zero-order chi connectivity index (χ0) is 23.3. The first-order valence-electron chi connectivity index (χ1n) is 12.5. The standard InChI is InChI=1S/C25H44F2O4/c1-4-5-18-25(26,27)24(29)17-15-20-14-16-22(28)21(20)12-10-8-6-7-9-11-13-23(31-30)19(2)3/h19-21,23,30H,4-18H2,1-3H3/t20-,21-,23?/m1/s1. The number of unbranched alkanes of at least 4 members (excludes halogenated alkanes) is 6. The van der Waals surface area contributed by atoms with E-state index in [0.717, 1.165) is 57.8 Å². The molecule has 0 aliphatic heterocycles. The number of halogens is 2. The summed E-state index contributed by atoms with van der Waals surface area (Å²) in [4.78, 5) is 28.7. The molecule has 0 spiro atoms. The molecule has 0 amide bonds. The van der Waals surface area contributed by atoms with Crippen LogP contribution in [0.15, 0.2) is 0 Å². The minimum atomic E-state index is -3.22. The normalized spacial score (nSPS) is 20.5. The van der Waals surface area contributed by atoms with Crippen molar-refractivity contribution >= 4 is 11.6 Å². The summed E-state index contributed by atoms with van der Waals surface area (Å²) in [6.07, 6.45) is 10.2. The Hall–Kier alpha value is -0.880. The lowest BCUT2D eigenvalue weighted by Gasteiger charge is -2.20. The average Bonchev–Trinajstić information content (AvgIpc) is 3.08. The van der Waals surface area contributed by atoms with Crippen LogP contribution in [-0.2, 0) is 14.5 Å². The molecule has 31 heavy (non-hydrogen) atoms. The molecule has 0 saturated heterocycles. The van der Waals surface area contributed by atoms with Gasteiger partial charge in [0.15, 0.2) is 0 Å². The molecule has 0 aromatic carbocycles. The quantitative estimate of drug-likeness (QED) is 0.135. The lowest BCUT2D eigenvalue weighted by molar-refractivity contribution is -0.289. The first kappa shape index (κ1) is 28.2. The van der Waals surface area contributed by atoms with Crippen molar-refractivity contribution in [3.05, 3.63) is 0 Å². The first-order valence-corrected chi connectivity index (χ1v) is 12.5. The summed E-state index contributed by atoms with van der Waals surface area (Å²) in [6.45, 7) is 5.91. The van der Waals surface area contributed by atoms with Crippen molar-refractivity contribution in [2.75, 3.05) is 0 Å². The summed E-state index contributed by atoms with van der Waals surface area (Å²) in [7, 11) is 0. The number of hydrogen-bond donors (Lipinski definition) is 1. The van der Waals surface area contributed by atoms with Crippen LogP contribution in [0.5, 0.6) is 0 Å². The highest BCUT2D eigenvalue weighted by Crippen LogP contribution is 2.37. The van der Waals surface area contributed by atoms with E-state index in [1.54, 1.807) is 0 Å². The Morgan fingerprint density at radius 2 is 1.74 bits per heavy atom. The molecule has 3 atom stereocenters. The van der Waals surface area contributed by atoms with E-state index < -0.39 is 11.7 Å². The fraction of sp³-hybridized carbons (Fsp3) is 0.920. The van der Waals surface area contributed by atoms with Gasteiger partial charge in [-0.3, -0.25) is 14.8 Å². The molecule has 1 saturated carbocycles. The van der Waals surface area contributed by atoms with Gasteiger partial charge in [0, 0.05) is 25.2 Å². The molecule has 1 aliphatic carbocycles. The van der Waals surface area contributed by atoms with Gasteiger partial charge in [-0.2, -0.15) is 8.78 Å². The van der Waals surface area contributed by atoms with Gasteiger partial charge >= 0.3 is 5.92 Å². The van der Waals surface area contributed by atoms with E-state index in [4.69, 9.17) is 5.26 Å².